The summed E-state index contributed by atoms with van der Waals surface area (Å²) < 4.78 is 0. The molecule has 0 fully saturated rings. The van der Waals surface area contributed by atoms with Gasteiger partial charge in [0.05, 0.1) is 12.1 Å². The van der Waals surface area contributed by atoms with E-state index >= 15 is 0 Å². The Morgan fingerprint density at radius 2 is 2.06 bits per heavy atom. The van der Waals surface area contributed by atoms with Gasteiger partial charge in [0.2, 0.25) is 0 Å². The van der Waals surface area contributed by atoms with Crippen LogP contribution in [0.4, 0.5) is 0 Å². The van der Waals surface area contributed by atoms with Crippen LogP contribution in [-0.2, 0) is 4.84 Å². The number of aliphatic hydroxyl groups excluding tert-OH is 1. The first-order chi connectivity index (χ1) is 7.75. The zero-order valence-corrected chi connectivity index (χ0v) is 8.80. The molecule has 0 saturated heterocycles. The predicted octanol–water partition coefficient (Wildman–Crippen LogP) is 1.91. The molecule has 2 rings (SSSR count). The number of nitrogens with zero attached hydrogens (tertiary/aromatic N) is 1. The molecule has 1 heterocycles. The topological polar surface area (TPSA) is 49.8 Å². The summed E-state index contributed by atoms with van der Waals surface area (Å²) in [6.45, 7) is 0.876. The summed E-state index contributed by atoms with van der Waals surface area (Å²) in [5, 5.41) is 10.8. The van der Waals surface area contributed by atoms with Crippen molar-refractivity contribution in [3.63, 3.8) is 0 Å². The van der Waals surface area contributed by atoms with Crippen LogP contribution in [0.15, 0.2) is 42.2 Å². The van der Waals surface area contributed by atoms with Gasteiger partial charge in [-0.05, 0) is 24.6 Å². The van der Waals surface area contributed by atoms with Crippen molar-refractivity contribution < 1.29 is 14.7 Å². The Kier molecular flexibility index (Phi) is 3.22. The van der Waals surface area contributed by atoms with Crippen LogP contribution in [0.2, 0.25) is 0 Å². The number of aliphatic hydroxyl groups is 1. The van der Waals surface area contributed by atoms with E-state index in [9.17, 15) is 9.90 Å². The van der Waals surface area contributed by atoms with Crippen LogP contribution in [0.25, 0.3) is 0 Å². The molecule has 16 heavy (non-hydrogen) atoms. The summed E-state index contributed by atoms with van der Waals surface area (Å²) in [5.41, 5.74) is 0.511. The average molecular weight is 219 g/mol. The molecule has 4 nitrogen and oxygen atoms in total. The molecular weight excluding hydrogens is 206 g/mol. The van der Waals surface area contributed by atoms with Gasteiger partial charge in [-0.15, -0.1) is 5.06 Å². The molecule has 0 aliphatic carbocycles. The lowest BCUT2D eigenvalue weighted by Gasteiger charge is -2.23. The molecule has 0 amide bonds. The summed E-state index contributed by atoms with van der Waals surface area (Å²) in [6, 6.07) is 8.80. The zero-order chi connectivity index (χ0) is 11.4. The Labute approximate surface area is 93.7 Å². The number of benzene rings is 1. The van der Waals surface area contributed by atoms with E-state index in [2.05, 4.69) is 0 Å². The van der Waals surface area contributed by atoms with E-state index in [1.54, 1.807) is 30.3 Å². The number of hydrogen-bond donors (Lipinski definition) is 1. The van der Waals surface area contributed by atoms with Gasteiger partial charge >= 0.3 is 5.97 Å². The van der Waals surface area contributed by atoms with Crippen LogP contribution in [-0.4, -0.2) is 29.2 Å². The maximum absolute atomic E-state index is 11.7. The van der Waals surface area contributed by atoms with E-state index in [-0.39, 0.29) is 12.3 Å². The highest BCUT2D eigenvalue weighted by molar-refractivity contribution is 5.89. The number of hydrogen-bond acceptors (Lipinski definition) is 4. The van der Waals surface area contributed by atoms with Gasteiger partial charge < -0.3 is 9.94 Å². The fourth-order valence-corrected chi connectivity index (χ4v) is 1.52. The molecule has 0 saturated carbocycles. The predicted molar refractivity (Wildman–Crippen MR) is 58.8 cm³/mol. The lowest BCUT2D eigenvalue weighted by Crippen LogP contribution is -2.32. The monoisotopic (exact) mass is 219 g/mol. The maximum Gasteiger partial charge on any atom is 0.357 e. The summed E-state index contributed by atoms with van der Waals surface area (Å²) >= 11 is 0. The number of carbonyl (C=O) groups is 1. The molecular formula is C12H13NO3. The summed E-state index contributed by atoms with van der Waals surface area (Å²) in [7, 11) is 0. The van der Waals surface area contributed by atoms with Crippen molar-refractivity contribution in [1.29, 1.82) is 0 Å². The van der Waals surface area contributed by atoms with Gasteiger partial charge in [0.1, 0.15) is 5.76 Å². The molecule has 1 N–H and O–H groups in total. The minimum Gasteiger partial charge on any atom is -0.511 e. The Balaban J connectivity index is 1.96. The van der Waals surface area contributed by atoms with Crippen molar-refractivity contribution in [3.8, 4) is 0 Å². The summed E-state index contributed by atoms with van der Waals surface area (Å²) in [4.78, 5) is 16.8. The van der Waals surface area contributed by atoms with Crippen molar-refractivity contribution in [2.45, 2.75) is 6.42 Å². The molecule has 1 aromatic rings. The van der Waals surface area contributed by atoms with Crippen LogP contribution < -0.4 is 0 Å². The first kappa shape index (κ1) is 10.7. The van der Waals surface area contributed by atoms with E-state index in [1.165, 1.54) is 5.06 Å². The third-order valence-electron chi connectivity index (χ3n) is 2.32. The smallest absolute Gasteiger partial charge is 0.357 e. The largest absolute Gasteiger partial charge is 0.511 e. The Morgan fingerprint density at radius 3 is 2.75 bits per heavy atom. The van der Waals surface area contributed by atoms with Gasteiger partial charge in [0, 0.05) is 6.54 Å². The number of carbonyl (C=O) groups excluding carboxylic acids is 1. The second-order valence-electron chi connectivity index (χ2n) is 3.59. The van der Waals surface area contributed by atoms with Gasteiger partial charge in [-0.2, -0.15) is 0 Å². The first-order valence-electron chi connectivity index (χ1n) is 5.16. The van der Waals surface area contributed by atoms with Crippen LogP contribution in [0, 0.1) is 0 Å². The number of rotatable bonds is 2. The highest BCUT2D eigenvalue weighted by atomic mass is 16.7. The third-order valence-corrected chi connectivity index (χ3v) is 2.32. The second kappa shape index (κ2) is 4.81. The summed E-state index contributed by atoms with van der Waals surface area (Å²) in [5.74, 6) is -0.151. The van der Waals surface area contributed by atoms with E-state index in [0.29, 0.717) is 18.5 Å². The minimum absolute atomic E-state index is 0.243. The van der Waals surface area contributed by atoms with Gasteiger partial charge in [0.25, 0.3) is 0 Å². The Hall–Kier alpha value is -1.81. The summed E-state index contributed by atoms with van der Waals surface area (Å²) in [6.07, 6.45) is 2.42. The fourth-order valence-electron chi connectivity index (χ4n) is 1.52. The second-order valence-corrected chi connectivity index (χ2v) is 3.59. The van der Waals surface area contributed by atoms with Gasteiger partial charge in [-0.3, -0.25) is 0 Å². The minimum atomic E-state index is -0.393. The molecule has 0 aromatic heterocycles. The van der Waals surface area contributed by atoms with E-state index in [0.717, 1.165) is 0 Å². The highest BCUT2D eigenvalue weighted by Crippen LogP contribution is 2.10. The third kappa shape index (κ3) is 2.61. The highest BCUT2D eigenvalue weighted by Gasteiger charge is 2.17. The molecule has 84 valence electrons. The molecule has 1 aliphatic rings. The maximum atomic E-state index is 11.7. The van der Waals surface area contributed by atoms with Gasteiger partial charge in [-0.25, -0.2) is 4.79 Å². The molecule has 0 spiro atoms. The van der Waals surface area contributed by atoms with Crippen molar-refractivity contribution in [2.75, 3.05) is 13.1 Å². The normalized spacial score (nSPS) is 16.6. The van der Waals surface area contributed by atoms with E-state index in [4.69, 9.17) is 4.84 Å². The molecule has 1 aliphatic heterocycles. The van der Waals surface area contributed by atoms with Crippen LogP contribution in [0.1, 0.15) is 16.8 Å². The Morgan fingerprint density at radius 1 is 1.31 bits per heavy atom. The SMILES string of the molecule is O=C(ON1CCC=C(O)C1)c1ccccc1. The molecule has 0 unspecified atom stereocenters. The Bertz CT molecular complexity index is 400. The first-order valence-corrected chi connectivity index (χ1v) is 5.16. The van der Waals surface area contributed by atoms with Crippen LogP contribution >= 0.6 is 0 Å². The van der Waals surface area contributed by atoms with Crippen molar-refractivity contribution in [1.82, 2.24) is 5.06 Å². The molecule has 0 radical (unpaired) electrons. The molecule has 1 aromatic carbocycles. The van der Waals surface area contributed by atoms with Gasteiger partial charge in [-0.1, -0.05) is 18.2 Å². The fraction of sp³-hybridized carbons (Fsp3) is 0.250. The van der Waals surface area contributed by atoms with Crippen molar-refractivity contribution in [2.24, 2.45) is 0 Å². The lowest BCUT2D eigenvalue weighted by molar-refractivity contribution is -0.110. The van der Waals surface area contributed by atoms with Crippen molar-refractivity contribution >= 4 is 5.97 Å². The van der Waals surface area contributed by atoms with Gasteiger partial charge in [0.15, 0.2) is 0 Å². The quantitative estimate of drug-likeness (QED) is 0.825. The van der Waals surface area contributed by atoms with E-state index < -0.39 is 5.97 Å². The zero-order valence-electron chi connectivity index (χ0n) is 8.80. The van der Waals surface area contributed by atoms with Crippen LogP contribution in [0.5, 0.6) is 0 Å². The molecule has 0 bridgehead atoms. The molecule has 0 atom stereocenters. The standard InChI is InChI=1S/C12H13NO3/c14-11-7-4-8-13(9-11)16-12(15)10-5-2-1-3-6-10/h1-3,5-7,14H,4,8-9H2. The average Bonchev–Trinajstić information content (AvgIpc) is 2.30. The van der Waals surface area contributed by atoms with E-state index in [1.807, 2.05) is 6.07 Å². The van der Waals surface area contributed by atoms with Crippen molar-refractivity contribution in [3.05, 3.63) is 47.7 Å². The molecule has 4 heteroatoms. The van der Waals surface area contributed by atoms with Crippen LogP contribution in [0.3, 0.4) is 0 Å². The number of hydroxylamine groups is 2. The lowest BCUT2D eigenvalue weighted by atomic mass is 10.2.